The molecule has 1 aromatic rings. The summed E-state index contributed by atoms with van der Waals surface area (Å²) in [6, 6.07) is 2.52. The van der Waals surface area contributed by atoms with Crippen LogP contribution in [0.4, 0.5) is 0 Å². The van der Waals surface area contributed by atoms with Crippen molar-refractivity contribution in [3.05, 3.63) is 29.1 Å². The molecule has 0 radical (unpaired) electrons. The lowest BCUT2D eigenvalue weighted by atomic mass is 9.92. The number of piperidine rings is 1. The van der Waals surface area contributed by atoms with Crippen molar-refractivity contribution < 1.29 is 4.74 Å². The lowest BCUT2D eigenvalue weighted by molar-refractivity contribution is 0.341. The molecule has 18 heavy (non-hydrogen) atoms. The molecule has 0 unspecified atom stereocenters. The highest BCUT2D eigenvalue weighted by Crippen LogP contribution is 2.38. The van der Waals surface area contributed by atoms with E-state index in [9.17, 15) is 0 Å². The van der Waals surface area contributed by atoms with Crippen LogP contribution in [-0.4, -0.2) is 24.7 Å². The number of hydrogen-bond acceptors (Lipinski definition) is 3. The van der Waals surface area contributed by atoms with E-state index in [2.05, 4.69) is 16.4 Å². The van der Waals surface area contributed by atoms with Crippen LogP contribution in [0.5, 0.6) is 5.75 Å². The summed E-state index contributed by atoms with van der Waals surface area (Å²) in [7, 11) is 1.62. The predicted octanol–water partition coefficient (Wildman–Crippen LogP) is 2.90. The quantitative estimate of drug-likeness (QED) is 0.834. The molecule has 1 aliphatic heterocycles. The van der Waals surface area contributed by atoms with E-state index in [0.717, 1.165) is 24.4 Å². The monoisotopic (exact) mass is 264 g/mol. The third-order valence-corrected chi connectivity index (χ3v) is 4.18. The number of aromatic nitrogens is 1. The zero-order chi connectivity index (χ0) is 12.5. The van der Waals surface area contributed by atoms with Crippen molar-refractivity contribution in [2.24, 2.45) is 5.92 Å². The molecule has 2 atom stereocenters. The van der Waals surface area contributed by atoms with Gasteiger partial charge in [0.05, 0.1) is 7.11 Å². The van der Waals surface area contributed by atoms with Crippen LogP contribution in [0.25, 0.3) is 5.57 Å². The van der Waals surface area contributed by atoms with Gasteiger partial charge in [-0.3, -0.25) is 0 Å². The molecule has 2 heterocycles. The Bertz CT molecular complexity index is 487. The molecule has 4 heteroatoms. The van der Waals surface area contributed by atoms with E-state index in [4.69, 9.17) is 16.3 Å². The number of hydrogen-bond donors (Lipinski definition) is 1. The summed E-state index contributed by atoms with van der Waals surface area (Å²) in [5.41, 5.74) is 2.49. The molecule has 0 aromatic carbocycles. The molecule has 1 fully saturated rings. The van der Waals surface area contributed by atoms with Crippen molar-refractivity contribution in [2.75, 3.05) is 13.7 Å². The zero-order valence-corrected chi connectivity index (χ0v) is 11.2. The van der Waals surface area contributed by atoms with Crippen LogP contribution in [0.15, 0.2) is 18.3 Å². The maximum absolute atomic E-state index is 5.96. The van der Waals surface area contributed by atoms with Crippen molar-refractivity contribution >= 4 is 17.2 Å². The molecule has 96 valence electrons. The summed E-state index contributed by atoms with van der Waals surface area (Å²) in [6.07, 6.45) is 7.91. The van der Waals surface area contributed by atoms with Crippen LogP contribution in [0, 0.1) is 5.92 Å². The Balaban J connectivity index is 1.87. The Morgan fingerprint density at radius 1 is 1.50 bits per heavy atom. The van der Waals surface area contributed by atoms with Gasteiger partial charge >= 0.3 is 0 Å². The Morgan fingerprint density at radius 3 is 3.17 bits per heavy atom. The molecular weight excluding hydrogens is 248 g/mol. The topological polar surface area (TPSA) is 34.1 Å². The number of methoxy groups -OCH3 is 1. The molecule has 0 spiro atoms. The Labute approximate surface area is 112 Å². The van der Waals surface area contributed by atoms with Gasteiger partial charge in [0.25, 0.3) is 0 Å². The molecular formula is C14H17ClN2O. The number of allylic oxidation sites excluding steroid dienone is 1. The summed E-state index contributed by atoms with van der Waals surface area (Å²) in [5.74, 6) is 1.40. The molecule has 3 rings (SSSR count). The first-order valence-electron chi connectivity index (χ1n) is 6.42. The number of fused-ring (bicyclic) bond motifs is 1. The van der Waals surface area contributed by atoms with E-state index in [1.165, 1.54) is 18.4 Å². The van der Waals surface area contributed by atoms with Crippen LogP contribution in [-0.2, 0) is 0 Å². The number of pyridine rings is 1. The highest BCUT2D eigenvalue weighted by Gasteiger charge is 2.30. The van der Waals surface area contributed by atoms with Crippen molar-refractivity contribution in [1.82, 2.24) is 10.3 Å². The molecule has 3 nitrogen and oxygen atoms in total. The first-order chi connectivity index (χ1) is 8.78. The molecule has 1 N–H and O–H groups in total. The van der Waals surface area contributed by atoms with Crippen LogP contribution < -0.4 is 10.1 Å². The van der Waals surface area contributed by atoms with Crippen molar-refractivity contribution in [2.45, 2.75) is 25.3 Å². The fraction of sp³-hybridized carbons (Fsp3) is 0.500. The highest BCUT2D eigenvalue weighted by molar-refractivity contribution is 6.30. The summed E-state index contributed by atoms with van der Waals surface area (Å²) >= 11 is 5.96. The van der Waals surface area contributed by atoms with Gasteiger partial charge < -0.3 is 10.1 Å². The van der Waals surface area contributed by atoms with Gasteiger partial charge in [0, 0.05) is 12.2 Å². The normalized spacial score (nSPS) is 26.7. The molecule has 2 aliphatic rings. The molecule has 0 bridgehead atoms. The smallest absolute Gasteiger partial charge is 0.171 e. The van der Waals surface area contributed by atoms with Gasteiger partial charge in [-0.15, -0.1) is 0 Å². The summed E-state index contributed by atoms with van der Waals surface area (Å²) in [4.78, 5) is 4.19. The summed E-state index contributed by atoms with van der Waals surface area (Å²) in [6.45, 7) is 1.13. The van der Waals surface area contributed by atoms with Gasteiger partial charge in [-0.2, -0.15) is 0 Å². The second-order valence-electron chi connectivity index (χ2n) is 5.00. The molecule has 1 aromatic heterocycles. The van der Waals surface area contributed by atoms with Gasteiger partial charge in [0.2, 0.25) is 0 Å². The largest absolute Gasteiger partial charge is 0.494 e. The minimum Gasteiger partial charge on any atom is -0.494 e. The fourth-order valence-corrected chi connectivity index (χ4v) is 3.11. The maximum Gasteiger partial charge on any atom is 0.171 e. The lowest BCUT2D eigenvalue weighted by Crippen LogP contribution is -2.37. The standard InChI is InChI=1S/C14H17ClN2O/c1-18-13-7-11(8-17-14(13)15)10-5-9-3-2-4-16-12(9)6-10/h6-9,12,16H,2-5H2,1H3/t9-,12+/m1/s1. The van der Waals surface area contributed by atoms with E-state index in [1.807, 2.05) is 12.3 Å². The van der Waals surface area contributed by atoms with Gasteiger partial charge in [-0.25, -0.2) is 4.98 Å². The Kier molecular flexibility index (Phi) is 3.27. The second-order valence-corrected chi connectivity index (χ2v) is 5.35. The molecule has 0 saturated carbocycles. The van der Waals surface area contributed by atoms with E-state index >= 15 is 0 Å². The highest BCUT2D eigenvalue weighted by atomic mass is 35.5. The van der Waals surface area contributed by atoms with Gasteiger partial charge in [-0.1, -0.05) is 17.7 Å². The SMILES string of the molecule is COc1cc(C2=C[C@@H]3NCCC[C@@H]3C2)cnc1Cl. The third-order valence-electron chi connectivity index (χ3n) is 3.90. The number of halogens is 1. The van der Waals surface area contributed by atoms with E-state index in [-0.39, 0.29) is 0 Å². The number of ether oxygens (including phenoxy) is 1. The van der Waals surface area contributed by atoms with Crippen LogP contribution in [0.3, 0.4) is 0 Å². The van der Waals surface area contributed by atoms with Gasteiger partial charge in [-0.05, 0) is 48.9 Å². The predicted molar refractivity (Wildman–Crippen MR) is 72.9 cm³/mol. The first-order valence-corrected chi connectivity index (χ1v) is 6.79. The third kappa shape index (κ3) is 2.13. The second kappa shape index (κ2) is 4.90. The minimum absolute atomic E-state index is 0.426. The Hall–Kier alpha value is -1.06. The van der Waals surface area contributed by atoms with Crippen molar-refractivity contribution in [3.63, 3.8) is 0 Å². The van der Waals surface area contributed by atoms with Crippen LogP contribution in [0.2, 0.25) is 5.15 Å². The average molecular weight is 265 g/mol. The lowest BCUT2D eigenvalue weighted by Gasteiger charge is -2.25. The van der Waals surface area contributed by atoms with Crippen molar-refractivity contribution in [1.29, 1.82) is 0 Å². The number of nitrogens with zero attached hydrogens (tertiary/aromatic N) is 1. The molecule has 1 saturated heterocycles. The molecule has 0 amide bonds. The van der Waals surface area contributed by atoms with Crippen molar-refractivity contribution in [3.8, 4) is 5.75 Å². The van der Waals surface area contributed by atoms with Crippen LogP contribution >= 0.6 is 11.6 Å². The number of nitrogens with one attached hydrogen (secondary N) is 1. The van der Waals surface area contributed by atoms with Crippen LogP contribution in [0.1, 0.15) is 24.8 Å². The maximum atomic E-state index is 5.96. The summed E-state index contributed by atoms with van der Waals surface area (Å²) < 4.78 is 5.23. The first kappa shape index (κ1) is 12.0. The fourth-order valence-electron chi connectivity index (χ4n) is 2.93. The Morgan fingerprint density at radius 2 is 2.39 bits per heavy atom. The number of rotatable bonds is 2. The van der Waals surface area contributed by atoms with E-state index < -0.39 is 0 Å². The van der Waals surface area contributed by atoms with Gasteiger partial charge in [0.15, 0.2) is 10.9 Å². The molecule has 1 aliphatic carbocycles. The zero-order valence-electron chi connectivity index (χ0n) is 10.4. The minimum atomic E-state index is 0.426. The average Bonchev–Trinajstić information content (AvgIpc) is 2.83. The summed E-state index contributed by atoms with van der Waals surface area (Å²) in [5, 5.41) is 3.99. The van der Waals surface area contributed by atoms with E-state index in [0.29, 0.717) is 16.9 Å². The van der Waals surface area contributed by atoms with Gasteiger partial charge in [0.1, 0.15) is 0 Å². The van der Waals surface area contributed by atoms with E-state index in [1.54, 1.807) is 7.11 Å².